The third-order valence-corrected chi connectivity index (χ3v) is 5.65. The van der Waals surface area contributed by atoms with Crippen molar-refractivity contribution >= 4 is 0 Å². The van der Waals surface area contributed by atoms with Gasteiger partial charge in [-0.2, -0.15) is 0 Å². The first-order valence-corrected chi connectivity index (χ1v) is 10.8. The van der Waals surface area contributed by atoms with E-state index in [0.717, 1.165) is 32.5 Å². The molecule has 0 fully saturated rings. The summed E-state index contributed by atoms with van der Waals surface area (Å²) >= 11 is 0. The molecule has 0 radical (unpaired) electrons. The van der Waals surface area contributed by atoms with Crippen LogP contribution in [-0.2, 0) is 6.42 Å². The summed E-state index contributed by atoms with van der Waals surface area (Å²) in [6.45, 7) is 0. The molecule has 0 aliphatic carbocycles. The topological polar surface area (TPSA) is 55.1 Å². The number of rotatable bonds is 5. The Labute approximate surface area is 192 Å². The number of hydrogen-bond donors (Lipinski definition) is 1. The van der Waals surface area contributed by atoms with Gasteiger partial charge in [-0.25, -0.2) is 4.98 Å². The molecule has 4 heteroatoms. The van der Waals surface area contributed by atoms with Gasteiger partial charge >= 0.3 is 5.56 Å². The molecular weight excluding hydrogens is 408 g/mol. The maximum Gasteiger partial charge on any atom is 0.305 e. The summed E-state index contributed by atoms with van der Waals surface area (Å²) in [6, 6.07) is 37.2. The van der Waals surface area contributed by atoms with E-state index in [4.69, 9.17) is 4.98 Å². The van der Waals surface area contributed by atoms with E-state index in [0.29, 0.717) is 23.5 Å². The first-order valence-electron chi connectivity index (χ1n) is 10.8. The van der Waals surface area contributed by atoms with E-state index in [-0.39, 0.29) is 0 Å². The molecule has 1 aromatic heterocycles. The van der Waals surface area contributed by atoms with Gasteiger partial charge in [0.25, 0.3) is 0 Å². The summed E-state index contributed by atoms with van der Waals surface area (Å²) in [5, 5.41) is 10.9. The third kappa shape index (κ3) is 4.19. The van der Waals surface area contributed by atoms with Gasteiger partial charge in [-0.3, -0.25) is 4.79 Å². The van der Waals surface area contributed by atoms with Crippen molar-refractivity contribution in [3.63, 3.8) is 0 Å². The van der Waals surface area contributed by atoms with Crippen molar-refractivity contribution in [3.05, 3.63) is 137 Å². The van der Waals surface area contributed by atoms with Crippen molar-refractivity contribution in [2.75, 3.05) is 0 Å². The minimum Gasteiger partial charge on any atom is -0.425 e. The van der Waals surface area contributed by atoms with Crippen molar-refractivity contribution in [3.8, 4) is 33.6 Å². The van der Waals surface area contributed by atoms with Crippen LogP contribution >= 0.6 is 0 Å². The van der Waals surface area contributed by atoms with Gasteiger partial charge in [0.05, 0.1) is 5.69 Å². The first-order chi connectivity index (χ1) is 16.2. The van der Waals surface area contributed by atoms with Gasteiger partial charge in [-0.05, 0) is 16.7 Å². The Kier molecular flexibility index (Phi) is 5.56. The van der Waals surface area contributed by atoms with Crippen LogP contribution in [0.2, 0.25) is 0 Å². The highest BCUT2D eigenvalue weighted by Crippen LogP contribution is 2.29. The van der Waals surface area contributed by atoms with Crippen LogP contribution in [0.25, 0.3) is 33.6 Å². The maximum absolute atomic E-state index is 13.1. The van der Waals surface area contributed by atoms with Crippen molar-refractivity contribution in [1.82, 2.24) is 9.71 Å². The molecule has 1 N–H and O–H groups in total. The predicted molar refractivity (Wildman–Crippen MR) is 131 cm³/mol. The van der Waals surface area contributed by atoms with Crippen LogP contribution in [0.15, 0.2) is 120 Å². The molecule has 0 saturated heterocycles. The molecule has 5 rings (SSSR count). The van der Waals surface area contributed by atoms with E-state index in [1.807, 2.05) is 103 Å². The molecule has 160 valence electrons. The Morgan fingerprint density at radius 1 is 0.606 bits per heavy atom. The lowest BCUT2D eigenvalue weighted by Crippen LogP contribution is -2.26. The Bertz CT molecular complexity index is 1430. The molecule has 0 amide bonds. The van der Waals surface area contributed by atoms with Crippen LogP contribution in [0.5, 0.6) is 0 Å². The third-order valence-electron chi connectivity index (χ3n) is 5.65. The number of nitrogens with zero attached hydrogens (tertiary/aromatic N) is 2. The Morgan fingerprint density at radius 2 is 1.09 bits per heavy atom. The van der Waals surface area contributed by atoms with Gasteiger partial charge < -0.3 is 5.21 Å². The van der Waals surface area contributed by atoms with Gasteiger partial charge in [0.1, 0.15) is 11.4 Å². The minimum absolute atomic E-state index is 0.295. The van der Waals surface area contributed by atoms with Gasteiger partial charge in [-0.1, -0.05) is 115 Å². The van der Waals surface area contributed by atoms with Crippen LogP contribution in [0.3, 0.4) is 0 Å². The molecule has 0 saturated carbocycles. The number of hydrogen-bond acceptors (Lipinski definition) is 3. The molecule has 4 aromatic carbocycles. The highest BCUT2D eigenvalue weighted by atomic mass is 16.5. The lowest BCUT2D eigenvalue weighted by molar-refractivity contribution is 0.178. The number of benzene rings is 4. The Hall–Kier alpha value is -4.44. The molecule has 5 aromatic rings. The second-order valence-electron chi connectivity index (χ2n) is 7.84. The van der Waals surface area contributed by atoms with Crippen LogP contribution in [0.1, 0.15) is 11.3 Å². The van der Waals surface area contributed by atoms with Gasteiger partial charge in [0.15, 0.2) is 0 Å². The average molecular weight is 431 g/mol. The minimum atomic E-state index is -0.513. The molecule has 0 atom stereocenters. The second kappa shape index (κ2) is 8.97. The highest BCUT2D eigenvalue weighted by Gasteiger charge is 2.19. The lowest BCUT2D eigenvalue weighted by atomic mass is 10.0. The van der Waals surface area contributed by atoms with Crippen LogP contribution < -0.4 is 5.56 Å². The fourth-order valence-corrected chi connectivity index (χ4v) is 3.97. The summed E-state index contributed by atoms with van der Waals surface area (Å²) in [4.78, 5) is 17.9. The Morgan fingerprint density at radius 3 is 1.67 bits per heavy atom. The van der Waals surface area contributed by atoms with Gasteiger partial charge in [-0.15, -0.1) is 4.73 Å². The molecule has 4 nitrogen and oxygen atoms in total. The van der Waals surface area contributed by atoms with Gasteiger partial charge in [0, 0.05) is 17.5 Å². The summed E-state index contributed by atoms with van der Waals surface area (Å²) in [6.07, 6.45) is 0.323. The zero-order valence-electron chi connectivity index (χ0n) is 17.9. The SMILES string of the molecule is O=c1c(Cc2ccc(-c3ccccc3)cc2)nc(-c2ccccc2)c(-c2ccccc2)n1O. The molecule has 0 spiro atoms. The Balaban J connectivity index is 1.58. The fraction of sp³-hybridized carbons (Fsp3) is 0.0345. The van der Waals surface area contributed by atoms with E-state index in [9.17, 15) is 10.0 Å². The molecule has 1 heterocycles. The second-order valence-corrected chi connectivity index (χ2v) is 7.84. The van der Waals surface area contributed by atoms with Crippen molar-refractivity contribution < 1.29 is 5.21 Å². The highest BCUT2D eigenvalue weighted by molar-refractivity contribution is 5.78. The smallest absolute Gasteiger partial charge is 0.305 e. The standard InChI is InChI=1S/C29H22N2O2/c32-29-26(20-21-16-18-23(19-17-21)22-10-4-1-5-11-22)30-27(24-12-6-2-7-13-24)28(31(29)33)25-14-8-3-9-15-25/h1-19,33H,20H2. The van der Waals surface area contributed by atoms with Crippen molar-refractivity contribution in [2.24, 2.45) is 0 Å². The van der Waals surface area contributed by atoms with E-state index in [1.165, 1.54) is 0 Å². The largest absolute Gasteiger partial charge is 0.425 e. The van der Waals surface area contributed by atoms with Crippen molar-refractivity contribution in [2.45, 2.75) is 6.42 Å². The van der Waals surface area contributed by atoms with E-state index in [2.05, 4.69) is 12.1 Å². The molecule has 0 bridgehead atoms. The normalized spacial score (nSPS) is 10.8. The monoisotopic (exact) mass is 430 g/mol. The van der Waals surface area contributed by atoms with Crippen LogP contribution in [0.4, 0.5) is 0 Å². The molecule has 0 aliphatic rings. The number of aromatic nitrogens is 2. The van der Waals surface area contributed by atoms with Crippen LogP contribution in [-0.4, -0.2) is 14.9 Å². The van der Waals surface area contributed by atoms with E-state index < -0.39 is 5.56 Å². The molecule has 33 heavy (non-hydrogen) atoms. The molecule has 0 unspecified atom stereocenters. The molecule has 0 aliphatic heterocycles. The summed E-state index contributed by atoms with van der Waals surface area (Å²) in [7, 11) is 0. The van der Waals surface area contributed by atoms with Crippen molar-refractivity contribution in [1.29, 1.82) is 0 Å². The predicted octanol–water partition coefficient (Wildman–Crippen LogP) is 6.07. The zero-order valence-corrected chi connectivity index (χ0v) is 17.9. The fourth-order valence-electron chi connectivity index (χ4n) is 3.97. The average Bonchev–Trinajstić information content (AvgIpc) is 2.88. The van der Waals surface area contributed by atoms with E-state index in [1.54, 1.807) is 0 Å². The lowest BCUT2D eigenvalue weighted by Gasteiger charge is -2.15. The van der Waals surface area contributed by atoms with E-state index >= 15 is 0 Å². The zero-order chi connectivity index (χ0) is 22.6. The summed E-state index contributed by atoms with van der Waals surface area (Å²) in [5.74, 6) is 0. The first kappa shape index (κ1) is 20.5. The molecular formula is C29H22N2O2. The van der Waals surface area contributed by atoms with Gasteiger partial charge in [0.2, 0.25) is 0 Å². The quantitative estimate of drug-likeness (QED) is 0.344. The maximum atomic E-state index is 13.1. The van der Waals surface area contributed by atoms with Crippen LogP contribution in [0, 0.1) is 0 Å². The summed E-state index contributed by atoms with van der Waals surface area (Å²) in [5.41, 5.74) is 5.49. The summed E-state index contributed by atoms with van der Waals surface area (Å²) < 4.78 is 0.734.